The van der Waals surface area contributed by atoms with Crippen molar-refractivity contribution in [3.63, 3.8) is 0 Å². The molecule has 5 nitrogen and oxygen atoms in total. The van der Waals surface area contributed by atoms with Crippen LogP contribution in [0, 0.1) is 0 Å². The number of carboxylic acid groups (broad SMARTS) is 1. The van der Waals surface area contributed by atoms with Gasteiger partial charge in [0, 0.05) is 25.3 Å². The third-order valence-corrected chi connectivity index (χ3v) is 5.51. The van der Waals surface area contributed by atoms with Crippen LogP contribution in [0.3, 0.4) is 0 Å². The Labute approximate surface area is 112 Å². The number of hydrogen-bond acceptors (Lipinski definition) is 4. The van der Waals surface area contributed by atoms with Crippen LogP contribution < -0.4 is 0 Å². The second-order valence-electron chi connectivity index (χ2n) is 5.03. The zero-order valence-electron chi connectivity index (χ0n) is 10.9. The molecule has 1 N–H and O–H groups in total. The van der Waals surface area contributed by atoms with E-state index in [1.165, 1.54) is 0 Å². The molecule has 0 aromatic heterocycles. The third kappa shape index (κ3) is 2.23. The van der Waals surface area contributed by atoms with Crippen molar-refractivity contribution in [2.24, 2.45) is 0 Å². The van der Waals surface area contributed by atoms with Crippen LogP contribution in [0.15, 0.2) is 0 Å². The van der Waals surface area contributed by atoms with Crippen molar-refractivity contribution in [2.45, 2.75) is 37.1 Å². The number of aliphatic carboxylic acids is 1. The van der Waals surface area contributed by atoms with Crippen molar-refractivity contribution in [2.75, 3.05) is 25.9 Å². The molecular weight excluding hydrogens is 252 g/mol. The minimum atomic E-state index is -0.875. The van der Waals surface area contributed by atoms with Crippen molar-refractivity contribution in [1.29, 1.82) is 0 Å². The Kier molecular flexibility index (Phi) is 3.87. The van der Waals surface area contributed by atoms with Gasteiger partial charge >= 0.3 is 5.97 Å². The quantitative estimate of drug-likeness (QED) is 0.807. The molecule has 6 heteroatoms. The van der Waals surface area contributed by atoms with Crippen molar-refractivity contribution in [3.05, 3.63) is 0 Å². The molecule has 0 aromatic rings. The van der Waals surface area contributed by atoms with Gasteiger partial charge in [-0.3, -0.25) is 4.79 Å². The molecule has 102 valence electrons. The second kappa shape index (κ2) is 5.09. The molecule has 2 fully saturated rings. The highest BCUT2D eigenvalue weighted by Gasteiger charge is 2.52. The van der Waals surface area contributed by atoms with Crippen LogP contribution in [0.25, 0.3) is 0 Å². The van der Waals surface area contributed by atoms with E-state index in [1.54, 1.807) is 23.6 Å². The van der Waals surface area contributed by atoms with Gasteiger partial charge in [-0.05, 0) is 19.9 Å². The van der Waals surface area contributed by atoms with E-state index in [0.717, 1.165) is 25.9 Å². The minimum Gasteiger partial charge on any atom is -0.480 e. The number of rotatable bonds is 2. The summed E-state index contributed by atoms with van der Waals surface area (Å²) in [6.45, 7) is 3.65. The van der Waals surface area contributed by atoms with Crippen molar-refractivity contribution < 1.29 is 14.7 Å². The van der Waals surface area contributed by atoms with Gasteiger partial charge in [0.25, 0.3) is 0 Å². The summed E-state index contributed by atoms with van der Waals surface area (Å²) in [5.74, 6) is -0.387. The first kappa shape index (κ1) is 13.7. The summed E-state index contributed by atoms with van der Waals surface area (Å²) in [6, 6.07) is -0.647. The van der Waals surface area contributed by atoms with Crippen molar-refractivity contribution in [1.82, 2.24) is 9.80 Å². The number of hydrogen-bond donors (Lipinski definition) is 1. The van der Waals surface area contributed by atoms with Gasteiger partial charge < -0.3 is 14.9 Å². The molecule has 1 spiro atoms. The smallest absolute Gasteiger partial charge is 0.327 e. The predicted octanol–water partition coefficient (Wildman–Crippen LogP) is 0.847. The lowest BCUT2D eigenvalue weighted by Gasteiger charge is -2.44. The Morgan fingerprint density at radius 1 is 1.39 bits per heavy atom. The third-order valence-electron chi connectivity index (χ3n) is 3.89. The van der Waals surface area contributed by atoms with E-state index >= 15 is 0 Å². The maximum Gasteiger partial charge on any atom is 0.327 e. The Balaban J connectivity index is 2.24. The molecule has 1 atom stereocenters. The first-order chi connectivity index (χ1) is 8.50. The maximum absolute atomic E-state index is 12.1. The molecule has 0 bridgehead atoms. The normalized spacial score (nSPS) is 27.7. The SMILES string of the molecule is CCC(=O)N1[C@H](C(=O)O)CSC12CCN(C)CC2. The topological polar surface area (TPSA) is 60.9 Å². The molecule has 0 aliphatic carbocycles. The standard InChI is InChI=1S/C12H20N2O3S/c1-3-10(15)14-9(11(16)17)8-18-12(14)4-6-13(2)7-5-12/h9H,3-8H2,1-2H3,(H,16,17)/t9-/m0/s1. The molecule has 2 aliphatic heterocycles. The lowest BCUT2D eigenvalue weighted by atomic mass is 10.0. The van der Waals surface area contributed by atoms with Gasteiger partial charge in [0.2, 0.25) is 5.91 Å². The molecular formula is C12H20N2O3S. The number of thioether (sulfide) groups is 1. The number of likely N-dealkylation sites (tertiary alicyclic amines) is 1. The number of amides is 1. The first-order valence-electron chi connectivity index (χ1n) is 6.37. The average Bonchev–Trinajstić information content (AvgIpc) is 2.72. The van der Waals surface area contributed by atoms with E-state index in [9.17, 15) is 14.7 Å². The van der Waals surface area contributed by atoms with Gasteiger partial charge in [-0.25, -0.2) is 4.79 Å². The molecule has 2 rings (SSSR count). The average molecular weight is 272 g/mol. The summed E-state index contributed by atoms with van der Waals surface area (Å²) in [5.41, 5.74) is 0. The van der Waals surface area contributed by atoms with Gasteiger partial charge in [0.15, 0.2) is 0 Å². The predicted molar refractivity (Wildman–Crippen MR) is 70.5 cm³/mol. The Bertz CT molecular complexity index is 353. The molecule has 1 amide bonds. The van der Waals surface area contributed by atoms with Gasteiger partial charge in [0.1, 0.15) is 6.04 Å². The fraction of sp³-hybridized carbons (Fsp3) is 0.833. The van der Waals surface area contributed by atoms with Crippen LogP contribution in [-0.4, -0.2) is 63.6 Å². The van der Waals surface area contributed by atoms with Crippen LogP contribution in [0.5, 0.6) is 0 Å². The summed E-state index contributed by atoms with van der Waals surface area (Å²) >= 11 is 1.65. The van der Waals surface area contributed by atoms with E-state index in [2.05, 4.69) is 11.9 Å². The molecule has 2 heterocycles. The lowest BCUT2D eigenvalue weighted by Crippen LogP contribution is -2.56. The largest absolute Gasteiger partial charge is 0.480 e. The van der Waals surface area contributed by atoms with Crippen LogP contribution in [0.1, 0.15) is 26.2 Å². The summed E-state index contributed by atoms with van der Waals surface area (Å²) < 4.78 is 0. The van der Waals surface area contributed by atoms with E-state index in [4.69, 9.17) is 0 Å². The number of nitrogens with zero attached hydrogens (tertiary/aromatic N) is 2. The number of carbonyl (C=O) groups excluding carboxylic acids is 1. The fourth-order valence-corrected chi connectivity index (χ4v) is 4.37. The first-order valence-corrected chi connectivity index (χ1v) is 7.36. The summed E-state index contributed by atoms with van der Waals surface area (Å²) in [6.07, 6.45) is 2.11. The highest BCUT2D eigenvalue weighted by atomic mass is 32.2. The second-order valence-corrected chi connectivity index (χ2v) is 6.41. The van der Waals surface area contributed by atoms with E-state index in [1.807, 2.05) is 0 Å². The zero-order valence-corrected chi connectivity index (χ0v) is 11.7. The lowest BCUT2D eigenvalue weighted by molar-refractivity contribution is -0.152. The molecule has 18 heavy (non-hydrogen) atoms. The van der Waals surface area contributed by atoms with Crippen LogP contribution in [0.2, 0.25) is 0 Å². The van der Waals surface area contributed by atoms with Crippen molar-refractivity contribution in [3.8, 4) is 0 Å². The minimum absolute atomic E-state index is 0.0306. The molecule has 2 saturated heterocycles. The maximum atomic E-state index is 12.1. The zero-order chi connectivity index (χ0) is 13.3. The van der Waals surface area contributed by atoms with Crippen LogP contribution in [-0.2, 0) is 9.59 Å². The molecule has 0 saturated carbocycles. The van der Waals surface area contributed by atoms with Gasteiger partial charge in [0.05, 0.1) is 4.87 Å². The molecule has 0 aromatic carbocycles. The monoisotopic (exact) mass is 272 g/mol. The summed E-state index contributed by atoms with van der Waals surface area (Å²) in [5, 5.41) is 9.28. The summed E-state index contributed by atoms with van der Waals surface area (Å²) in [7, 11) is 2.06. The molecule has 2 aliphatic rings. The van der Waals surface area contributed by atoms with Crippen LogP contribution in [0.4, 0.5) is 0 Å². The number of carboxylic acids is 1. The Morgan fingerprint density at radius 3 is 2.50 bits per heavy atom. The van der Waals surface area contributed by atoms with Gasteiger partial charge in [-0.15, -0.1) is 11.8 Å². The van der Waals surface area contributed by atoms with E-state index < -0.39 is 12.0 Å². The van der Waals surface area contributed by atoms with Gasteiger partial charge in [-0.1, -0.05) is 6.92 Å². The molecule has 0 unspecified atom stereocenters. The Hall–Kier alpha value is -0.750. The number of carbonyl (C=O) groups is 2. The van der Waals surface area contributed by atoms with E-state index in [-0.39, 0.29) is 10.8 Å². The summed E-state index contributed by atoms with van der Waals surface area (Å²) in [4.78, 5) is 27.0. The Morgan fingerprint density at radius 2 is 2.00 bits per heavy atom. The molecule has 0 radical (unpaired) electrons. The van der Waals surface area contributed by atoms with Crippen molar-refractivity contribution >= 4 is 23.6 Å². The highest BCUT2D eigenvalue weighted by molar-refractivity contribution is 8.01. The number of piperidine rings is 1. The fourth-order valence-electron chi connectivity index (χ4n) is 2.77. The van der Waals surface area contributed by atoms with Crippen LogP contribution >= 0.6 is 11.8 Å². The van der Waals surface area contributed by atoms with E-state index in [0.29, 0.717) is 12.2 Å². The highest BCUT2D eigenvalue weighted by Crippen LogP contribution is 2.46. The van der Waals surface area contributed by atoms with Gasteiger partial charge in [-0.2, -0.15) is 0 Å².